The topological polar surface area (TPSA) is 36.3 Å². The molecule has 2 heterocycles. The summed E-state index contributed by atoms with van der Waals surface area (Å²) in [5, 5.41) is 7.73. The average molecular weight is 168 g/mol. The van der Waals surface area contributed by atoms with Crippen molar-refractivity contribution in [2.75, 3.05) is 19.8 Å². The Kier molecular flexibility index (Phi) is 2.30. The van der Waals surface area contributed by atoms with Crippen molar-refractivity contribution < 1.29 is 4.74 Å². The molecule has 0 atom stereocenters. The SMILES string of the molecule is N=C1CCCN1C1CCOCC1. The molecule has 0 unspecified atom stereocenters. The molecule has 0 aromatic carbocycles. The largest absolute Gasteiger partial charge is 0.381 e. The Morgan fingerprint density at radius 2 is 2.08 bits per heavy atom. The van der Waals surface area contributed by atoms with E-state index >= 15 is 0 Å². The van der Waals surface area contributed by atoms with E-state index in [-0.39, 0.29) is 0 Å². The lowest BCUT2D eigenvalue weighted by atomic mass is 10.1. The van der Waals surface area contributed by atoms with E-state index in [1.165, 1.54) is 6.42 Å². The lowest BCUT2D eigenvalue weighted by molar-refractivity contribution is 0.0573. The molecule has 2 saturated heterocycles. The van der Waals surface area contributed by atoms with Crippen LogP contribution in [-0.2, 0) is 4.74 Å². The number of ether oxygens (including phenoxy) is 1. The molecule has 0 bridgehead atoms. The molecule has 0 spiro atoms. The molecular formula is C9H16N2O. The lowest BCUT2D eigenvalue weighted by Crippen LogP contribution is -2.39. The normalized spacial score (nSPS) is 26.7. The van der Waals surface area contributed by atoms with Crippen LogP contribution in [0.5, 0.6) is 0 Å². The Morgan fingerprint density at radius 1 is 1.33 bits per heavy atom. The van der Waals surface area contributed by atoms with Gasteiger partial charge in [-0.25, -0.2) is 0 Å². The van der Waals surface area contributed by atoms with Gasteiger partial charge in [-0.3, -0.25) is 5.41 Å². The summed E-state index contributed by atoms with van der Waals surface area (Å²) in [6.45, 7) is 2.87. The van der Waals surface area contributed by atoms with Gasteiger partial charge in [-0.1, -0.05) is 0 Å². The molecule has 0 aromatic heterocycles. The number of hydrogen-bond acceptors (Lipinski definition) is 2. The van der Waals surface area contributed by atoms with E-state index in [2.05, 4.69) is 4.90 Å². The molecule has 12 heavy (non-hydrogen) atoms. The van der Waals surface area contributed by atoms with Gasteiger partial charge in [0.05, 0.1) is 5.84 Å². The molecule has 0 aliphatic carbocycles. The Labute approximate surface area is 73.2 Å². The third-order valence-corrected chi connectivity index (χ3v) is 2.79. The fraction of sp³-hybridized carbons (Fsp3) is 0.889. The summed E-state index contributed by atoms with van der Waals surface area (Å²) in [5.74, 6) is 0.849. The summed E-state index contributed by atoms with van der Waals surface area (Å²) >= 11 is 0. The Balaban J connectivity index is 1.93. The fourth-order valence-corrected chi connectivity index (χ4v) is 2.10. The molecule has 2 aliphatic rings. The maximum absolute atomic E-state index is 7.73. The third kappa shape index (κ3) is 1.46. The number of nitrogens with one attached hydrogen (secondary N) is 1. The summed E-state index contributed by atoms with van der Waals surface area (Å²) in [6.07, 6.45) is 4.39. The van der Waals surface area contributed by atoms with Gasteiger partial charge in [0.2, 0.25) is 0 Å². The van der Waals surface area contributed by atoms with Gasteiger partial charge in [0, 0.05) is 32.2 Å². The van der Waals surface area contributed by atoms with Crippen LogP contribution in [0.4, 0.5) is 0 Å². The van der Waals surface area contributed by atoms with Gasteiger partial charge < -0.3 is 9.64 Å². The van der Waals surface area contributed by atoms with Crippen LogP contribution in [0.15, 0.2) is 0 Å². The minimum absolute atomic E-state index is 0.605. The molecule has 0 saturated carbocycles. The number of amidine groups is 1. The second kappa shape index (κ2) is 3.44. The lowest BCUT2D eigenvalue weighted by Gasteiger charge is -2.32. The fourth-order valence-electron chi connectivity index (χ4n) is 2.10. The first kappa shape index (κ1) is 8.05. The number of nitrogens with zero attached hydrogens (tertiary/aromatic N) is 1. The van der Waals surface area contributed by atoms with Gasteiger partial charge in [-0.2, -0.15) is 0 Å². The molecule has 0 radical (unpaired) electrons. The Bertz CT molecular complexity index is 175. The van der Waals surface area contributed by atoms with Crippen molar-refractivity contribution in [1.82, 2.24) is 4.90 Å². The summed E-state index contributed by atoms with van der Waals surface area (Å²) in [7, 11) is 0. The number of likely N-dealkylation sites (tertiary alicyclic amines) is 1. The van der Waals surface area contributed by atoms with E-state index in [4.69, 9.17) is 10.1 Å². The minimum Gasteiger partial charge on any atom is -0.381 e. The molecule has 2 aliphatic heterocycles. The van der Waals surface area contributed by atoms with Crippen molar-refractivity contribution in [3.8, 4) is 0 Å². The van der Waals surface area contributed by atoms with Crippen LogP contribution in [0, 0.1) is 5.41 Å². The molecular weight excluding hydrogens is 152 g/mol. The van der Waals surface area contributed by atoms with E-state index in [0.717, 1.165) is 44.9 Å². The maximum Gasteiger partial charge on any atom is 0.0960 e. The van der Waals surface area contributed by atoms with Gasteiger partial charge in [-0.05, 0) is 19.3 Å². The quantitative estimate of drug-likeness (QED) is 0.639. The zero-order chi connectivity index (χ0) is 8.39. The van der Waals surface area contributed by atoms with Crippen molar-refractivity contribution >= 4 is 5.84 Å². The molecule has 0 amide bonds. The van der Waals surface area contributed by atoms with Crippen molar-refractivity contribution in [3.63, 3.8) is 0 Å². The van der Waals surface area contributed by atoms with E-state index in [1.807, 2.05) is 0 Å². The maximum atomic E-state index is 7.73. The standard InChI is InChI=1S/C9H16N2O/c10-9-2-1-5-11(9)8-3-6-12-7-4-8/h8,10H,1-7H2. The zero-order valence-corrected chi connectivity index (χ0v) is 7.38. The van der Waals surface area contributed by atoms with Crippen molar-refractivity contribution in [2.45, 2.75) is 31.7 Å². The molecule has 3 nitrogen and oxygen atoms in total. The van der Waals surface area contributed by atoms with Crippen LogP contribution in [0.3, 0.4) is 0 Å². The van der Waals surface area contributed by atoms with Crippen molar-refractivity contribution in [2.24, 2.45) is 0 Å². The zero-order valence-electron chi connectivity index (χ0n) is 7.38. The second-order valence-corrected chi connectivity index (χ2v) is 3.59. The first-order valence-electron chi connectivity index (χ1n) is 4.80. The molecule has 0 aromatic rings. The van der Waals surface area contributed by atoms with Crippen LogP contribution < -0.4 is 0 Å². The van der Waals surface area contributed by atoms with Gasteiger partial charge in [0.1, 0.15) is 0 Å². The molecule has 2 rings (SSSR count). The van der Waals surface area contributed by atoms with E-state index in [1.54, 1.807) is 0 Å². The molecule has 2 fully saturated rings. The van der Waals surface area contributed by atoms with Crippen molar-refractivity contribution in [1.29, 1.82) is 5.41 Å². The Hall–Kier alpha value is -0.570. The van der Waals surface area contributed by atoms with Crippen LogP contribution in [-0.4, -0.2) is 36.5 Å². The summed E-state index contributed by atoms with van der Waals surface area (Å²) in [4.78, 5) is 2.27. The first-order valence-corrected chi connectivity index (χ1v) is 4.80. The monoisotopic (exact) mass is 168 g/mol. The predicted octanol–water partition coefficient (Wildman–Crippen LogP) is 1.24. The minimum atomic E-state index is 0.605. The third-order valence-electron chi connectivity index (χ3n) is 2.79. The number of rotatable bonds is 1. The van der Waals surface area contributed by atoms with E-state index in [0.29, 0.717) is 6.04 Å². The highest BCUT2D eigenvalue weighted by atomic mass is 16.5. The highest BCUT2D eigenvalue weighted by molar-refractivity contribution is 5.81. The van der Waals surface area contributed by atoms with Crippen LogP contribution in [0.1, 0.15) is 25.7 Å². The van der Waals surface area contributed by atoms with Crippen LogP contribution in [0.2, 0.25) is 0 Å². The predicted molar refractivity (Wildman–Crippen MR) is 47.5 cm³/mol. The summed E-state index contributed by atoms with van der Waals surface area (Å²) < 4.78 is 5.30. The first-order chi connectivity index (χ1) is 5.88. The second-order valence-electron chi connectivity index (χ2n) is 3.59. The highest BCUT2D eigenvalue weighted by Gasteiger charge is 2.26. The van der Waals surface area contributed by atoms with Crippen LogP contribution in [0.25, 0.3) is 0 Å². The Morgan fingerprint density at radius 3 is 2.67 bits per heavy atom. The van der Waals surface area contributed by atoms with Gasteiger partial charge in [-0.15, -0.1) is 0 Å². The molecule has 1 N–H and O–H groups in total. The summed E-state index contributed by atoms with van der Waals surface area (Å²) in [5.41, 5.74) is 0. The molecule has 3 heteroatoms. The van der Waals surface area contributed by atoms with E-state index < -0.39 is 0 Å². The highest BCUT2D eigenvalue weighted by Crippen LogP contribution is 2.20. The van der Waals surface area contributed by atoms with Gasteiger partial charge in [0.15, 0.2) is 0 Å². The number of hydrogen-bond donors (Lipinski definition) is 1. The van der Waals surface area contributed by atoms with Crippen LogP contribution >= 0.6 is 0 Å². The van der Waals surface area contributed by atoms with E-state index in [9.17, 15) is 0 Å². The smallest absolute Gasteiger partial charge is 0.0960 e. The average Bonchev–Trinajstić information content (AvgIpc) is 2.53. The van der Waals surface area contributed by atoms with Gasteiger partial charge >= 0.3 is 0 Å². The summed E-state index contributed by atoms with van der Waals surface area (Å²) in [6, 6.07) is 0.605. The van der Waals surface area contributed by atoms with Gasteiger partial charge in [0.25, 0.3) is 0 Å². The molecule has 68 valence electrons. The van der Waals surface area contributed by atoms with Crippen molar-refractivity contribution in [3.05, 3.63) is 0 Å².